The fraction of sp³-hybridized carbons (Fsp3) is 0. The van der Waals surface area contributed by atoms with Gasteiger partial charge in [-0.3, -0.25) is 4.57 Å². The van der Waals surface area contributed by atoms with Crippen LogP contribution in [0.3, 0.4) is 0 Å². The summed E-state index contributed by atoms with van der Waals surface area (Å²) in [6, 6.07) is 49.6. The van der Waals surface area contributed by atoms with E-state index >= 15 is 0 Å². The van der Waals surface area contributed by atoms with Crippen LogP contribution in [0.15, 0.2) is 144 Å². The number of hydrogen-bond acceptors (Lipinski definition) is 4. The molecule has 0 N–H and O–H groups in total. The van der Waals surface area contributed by atoms with Gasteiger partial charge in [0, 0.05) is 41.9 Å². The van der Waals surface area contributed by atoms with Crippen molar-refractivity contribution in [3.63, 3.8) is 0 Å². The summed E-state index contributed by atoms with van der Waals surface area (Å²) in [5.74, 6) is 0.590. The van der Waals surface area contributed by atoms with Crippen molar-refractivity contribution in [2.45, 2.75) is 0 Å². The molecule has 0 saturated heterocycles. The Hall–Kier alpha value is -6.04. The molecule has 0 spiro atoms. The van der Waals surface area contributed by atoms with E-state index < -0.39 is 0 Å². The van der Waals surface area contributed by atoms with Gasteiger partial charge < -0.3 is 4.42 Å². The summed E-state index contributed by atoms with van der Waals surface area (Å²) in [7, 11) is 0. The van der Waals surface area contributed by atoms with E-state index in [1.165, 1.54) is 52.5 Å². The smallest absolute Gasteiger partial charge is 0.238 e. The van der Waals surface area contributed by atoms with Crippen LogP contribution in [0, 0.1) is 0 Å². The highest BCUT2D eigenvalue weighted by atomic mass is 32.1. The number of furan rings is 1. The number of thiophene rings is 1. The summed E-state index contributed by atoms with van der Waals surface area (Å²) in [4.78, 5) is 10.6. The first-order chi connectivity index (χ1) is 23.3. The van der Waals surface area contributed by atoms with Gasteiger partial charge in [-0.1, -0.05) is 97.1 Å². The molecule has 4 aromatic heterocycles. The van der Waals surface area contributed by atoms with Crippen molar-refractivity contribution in [1.29, 1.82) is 0 Å². The van der Waals surface area contributed by atoms with Crippen molar-refractivity contribution in [1.82, 2.24) is 14.5 Å². The lowest BCUT2D eigenvalue weighted by molar-refractivity contribution is 0.651. The van der Waals surface area contributed by atoms with Crippen LogP contribution in [0.2, 0.25) is 0 Å². The second-order valence-corrected chi connectivity index (χ2v) is 13.3. The summed E-state index contributed by atoms with van der Waals surface area (Å²) in [6.45, 7) is 0. The van der Waals surface area contributed by atoms with E-state index in [2.05, 4.69) is 120 Å². The first kappa shape index (κ1) is 25.2. The highest BCUT2D eigenvalue weighted by Gasteiger charge is 2.22. The molecule has 0 aliphatic heterocycles. The van der Waals surface area contributed by atoms with Gasteiger partial charge in [0.05, 0.1) is 22.1 Å². The average Bonchev–Trinajstić information content (AvgIpc) is 3.79. The second kappa shape index (κ2) is 9.25. The van der Waals surface area contributed by atoms with Gasteiger partial charge in [0.1, 0.15) is 5.58 Å². The molecule has 5 heteroatoms. The topological polar surface area (TPSA) is 43.9 Å². The normalized spacial score (nSPS) is 12.3. The maximum absolute atomic E-state index is 6.45. The van der Waals surface area contributed by atoms with Crippen LogP contribution in [-0.2, 0) is 0 Å². The Bertz CT molecular complexity index is 3080. The molecule has 4 nitrogen and oxygen atoms in total. The number of nitrogens with zero attached hydrogens (tertiary/aromatic N) is 3. The van der Waals surface area contributed by atoms with E-state index in [1.54, 1.807) is 0 Å². The molecule has 47 heavy (non-hydrogen) atoms. The monoisotopic (exact) mass is 617 g/mol. The lowest BCUT2D eigenvalue weighted by atomic mass is 10.0. The van der Waals surface area contributed by atoms with Crippen molar-refractivity contribution in [3.8, 4) is 17.2 Å². The van der Waals surface area contributed by atoms with Crippen LogP contribution in [0.1, 0.15) is 0 Å². The molecule has 0 unspecified atom stereocenters. The molecule has 0 aliphatic rings. The molecule has 11 rings (SSSR count). The highest BCUT2D eigenvalue weighted by Crippen LogP contribution is 2.43. The van der Waals surface area contributed by atoms with Crippen LogP contribution < -0.4 is 0 Å². The van der Waals surface area contributed by atoms with E-state index in [0.717, 1.165) is 38.6 Å². The van der Waals surface area contributed by atoms with Crippen LogP contribution in [0.4, 0.5) is 0 Å². The second-order valence-electron chi connectivity index (χ2n) is 12.2. The molecule has 0 saturated carbocycles. The van der Waals surface area contributed by atoms with Gasteiger partial charge in [-0.2, -0.15) is 4.98 Å². The Morgan fingerprint density at radius 1 is 0.489 bits per heavy atom. The maximum Gasteiger partial charge on any atom is 0.238 e. The Kier molecular flexibility index (Phi) is 4.96. The van der Waals surface area contributed by atoms with Crippen molar-refractivity contribution in [2.24, 2.45) is 0 Å². The Labute approximate surface area is 271 Å². The van der Waals surface area contributed by atoms with Crippen molar-refractivity contribution < 1.29 is 4.42 Å². The van der Waals surface area contributed by atoms with Crippen LogP contribution >= 0.6 is 11.3 Å². The number of para-hydroxylation sites is 1. The SMILES string of the molecule is c1ccc(-c2nc(-n3c4cc5ccccc5cc4c4cc5ccc6sc7ccccc7c6c5cc43)nc3oc4ccccc4c23)cc1. The Morgan fingerprint density at radius 3 is 2.06 bits per heavy atom. The van der Waals surface area contributed by atoms with Gasteiger partial charge in [-0.05, 0) is 64.0 Å². The van der Waals surface area contributed by atoms with Gasteiger partial charge in [0.2, 0.25) is 11.7 Å². The zero-order chi connectivity index (χ0) is 30.6. The molecule has 0 bridgehead atoms. The first-order valence-corrected chi connectivity index (χ1v) is 16.6. The molecule has 218 valence electrons. The minimum Gasteiger partial charge on any atom is -0.437 e. The third kappa shape index (κ3) is 3.52. The number of rotatable bonds is 2. The molecule has 0 atom stereocenters. The van der Waals surface area contributed by atoms with Crippen LogP contribution in [0.25, 0.3) is 103 Å². The van der Waals surface area contributed by atoms with Gasteiger partial charge in [0.15, 0.2) is 0 Å². The Morgan fingerprint density at radius 2 is 1.19 bits per heavy atom. The fourth-order valence-corrected chi connectivity index (χ4v) is 8.60. The molecule has 11 aromatic rings. The van der Waals surface area contributed by atoms with Gasteiger partial charge >= 0.3 is 0 Å². The molecule has 4 heterocycles. The number of aromatic nitrogens is 3. The third-order valence-corrected chi connectivity index (χ3v) is 10.7. The lowest BCUT2D eigenvalue weighted by Crippen LogP contribution is -2.03. The maximum atomic E-state index is 6.45. The van der Waals surface area contributed by atoms with E-state index in [-0.39, 0.29) is 0 Å². The van der Waals surface area contributed by atoms with E-state index in [9.17, 15) is 0 Å². The van der Waals surface area contributed by atoms with E-state index in [0.29, 0.717) is 11.7 Å². The van der Waals surface area contributed by atoms with E-state index in [1.807, 2.05) is 35.6 Å². The summed E-state index contributed by atoms with van der Waals surface area (Å²) in [6.07, 6.45) is 0. The number of fused-ring (bicyclic) bond motifs is 12. The fourth-order valence-electron chi connectivity index (χ4n) is 7.48. The molecule has 7 aromatic carbocycles. The quantitative estimate of drug-likeness (QED) is 0.194. The van der Waals surface area contributed by atoms with E-state index in [4.69, 9.17) is 14.4 Å². The van der Waals surface area contributed by atoms with Gasteiger partial charge in [0.25, 0.3) is 0 Å². The summed E-state index contributed by atoms with van der Waals surface area (Å²) in [5.41, 5.74) is 5.40. The van der Waals surface area contributed by atoms with Crippen molar-refractivity contribution >= 4 is 96.9 Å². The number of hydrogen-bond donors (Lipinski definition) is 0. The van der Waals surface area contributed by atoms with Gasteiger partial charge in [-0.15, -0.1) is 11.3 Å². The molecular formula is C42H23N3OS. The predicted octanol–water partition coefficient (Wildman–Crippen LogP) is 11.8. The molecule has 0 amide bonds. The lowest BCUT2D eigenvalue weighted by Gasteiger charge is -2.10. The summed E-state index contributed by atoms with van der Waals surface area (Å²) in [5, 5.41) is 11.7. The third-order valence-electron chi connectivity index (χ3n) is 9.58. The molecule has 0 fully saturated rings. The minimum absolute atomic E-state index is 0.581. The van der Waals surface area contributed by atoms with Crippen molar-refractivity contribution in [3.05, 3.63) is 140 Å². The number of benzene rings is 7. The standard InChI is InChI=1S/C42H23N3OS/c1-2-10-24(11-3-1)40-39-28-14-6-8-16-35(28)46-41(39)44-42(43-40)45-33-22-26-13-5-4-12-25(26)20-31(33)32-21-27-18-19-37-38(30(27)23-34(32)45)29-15-7-9-17-36(29)47-37/h1-23H. The molecule has 0 radical (unpaired) electrons. The molecular weight excluding hydrogens is 595 g/mol. The van der Waals surface area contributed by atoms with Crippen molar-refractivity contribution in [2.75, 3.05) is 0 Å². The zero-order valence-electron chi connectivity index (χ0n) is 24.9. The average molecular weight is 618 g/mol. The predicted molar refractivity (Wildman–Crippen MR) is 197 cm³/mol. The summed E-state index contributed by atoms with van der Waals surface area (Å²) < 4.78 is 11.3. The zero-order valence-corrected chi connectivity index (χ0v) is 25.8. The van der Waals surface area contributed by atoms with Gasteiger partial charge in [-0.25, -0.2) is 4.98 Å². The highest BCUT2D eigenvalue weighted by molar-refractivity contribution is 7.26. The Balaban J connectivity index is 1.33. The molecule has 0 aliphatic carbocycles. The van der Waals surface area contributed by atoms with Crippen LogP contribution in [0.5, 0.6) is 0 Å². The minimum atomic E-state index is 0.581. The largest absolute Gasteiger partial charge is 0.437 e. The van der Waals surface area contributed by atoms with Crippen LogP contribution in [-0.4, -0.2) is 14.5 Å². The summed E-state index contributed by atoms with van der Waals surface area (Å²) >= 11 is 1.85. The first-order valence-electron chi connectivity index (χ1n) is 15.7.